The van der Waals surface area contributed by atoms with E-state index in [1.807, 2.05) is 60.7 Å². The van der Waals surface area contributed by atoms with Gasteiger partial charge in [-0.3, -0.25) is 9.80 Å². The quantitative estimate of drug-likeness (QED) is 0.461. The van der Waals surface area contributed by atoms with E-state index in [0.29, 0.717) is 12.2 Å². The lowest BCUT2D eigenvalue weighted by molar-refractivity contribution is 0.200. The fourth-order valence-corrected chi connectivity index (χ4v) is 4.36. The summed E-state index contributed by atoms with van der Waals surface area (Å²) in [7, 11) is 1.71. The van der Waals surface area contributed by atoms with Crippen molar-refractivity contribution in [2.75, 3.05) is 56.2 Å². The predicted octanol–water partition coefficient (Wildman–Crippen LogP) is 5.48. The lowest BCUT2D eigenvalue weighted by atomic mass is 10.1. The Kier molecular flexibility index (Phi) is 9.19. The van der Waals surface area contributed by atoms with E-state index in [-0.39, 0.29) is 12.4 Å². The third-order valence-corrected chi connectivity index (χ3v) is 6.17. The summed E-state index contributed by atoms with van der Waals surface area (Å²) in [6, 6.07) is 26.0. The van der Waals surface area contributed by atoms with Crippen LogP contribution in [0.1, 0.15) is 6.42 Å². The van der Waals surface area contributed by atoms with Gasteiger partial charge in [-0.2, -0.15) is 0 Å². The van der Waals surface area contributed by atoms with Crippen LogP contribution in [-0.4, -0.2) is 62.5 Å². The van der Waals surface area contributed by atoms with Crippen LogP contribution >= 0.6 is 12.4 Å². The van der Waals surface area contributed by atoms with Gasteiger partial charge in [-0.25, -0.2) is 4.79 Å². The number of hydrogen-bond acceptors (Lipinski definition) is 4. The van der Waals surface area contributed by atoms with E-state index < -0.39 is 6.09 Å². The van der Waals surface area contributed by atoms with Gasteiger partial charge in [0, 0.05) is 38.4 Å². The van der Waals surface area contributed by atoms with Crippen LogP contribution in [0.25, 0.3) is 11.1 Å². The molecule has 1 N–H and O–H groups in total. The number of ether oxygens (including phenoxy) is 1. The molecular weight excluding hydrogens is 450 g/mol. The molecule has 1 amide bonds. The Balaban J connectivity index is 0.00000324. The number of amides is 1. The minimum atomic E-state index is -0.913. The fraction of sp³-hybridized carbons (Fsp3) is 0.296. The Labute approximate surface area is 207 Å². The van der Waals surface area contributed by atoms with Gasteiger partial charge in [0.05, 0.1) is 12.8 Å². The Morgan fingerprint density at radius 1 is 0.882 bits per heavy atom. The molecule has 3 aromatic carbocycles. The molecule has 34 heavy (non-hydrogen) atoms. The highest BCUT2D eigenvalue weighted by atomic mass is 35.5. The van der Waals surface area contributed by atoms with Gasteiger partial charge in [0.15, 0.2) is 0 Å². The Morgan fingerprint density at radius 2 is 1.50 bits per heavy atom. The van der Waals surface area contributed by atoms with Crippen molar-refractivity contribution in [3.8, 4) is 16.9 Å². The number of anilines is 2. The third-order valence-electron chi connectivity index (χ3n) is 6.17. The molecule has 1 heterocycles. The lowest BCUT2D eigenvalue weighted by Gasteiger charge is -2.36. The zero-order chi connectivity index (χ0) is 23.0. The highest BCUT2D eigenvalue weighted by Gasteiger charge is 2.20. The first-order valence-corrected chi connectivity index (χ1v) is 11.4. The number of piperazine rings is 1. The molecule has 1 fully saturated rings. The van der Waals surface area contributed by atoms with Crippen LogP contribution in [0.3, 0.4) is 0 Å². The zero-order valence-corrected chi connectivity index (χ0v) is 20.3. The number of hydrogen-bond donors (Lipinski definition) is 1. The first kappa shape index (κ1) is 25.4. The van der Waals surface area contributed by atoms with Crippen molar-refractivity contribution in [3.63, 3.8) is 0 Å². The average molecular weight is 482 g/mol. The Bertz CT molecular complexity index is 1040. The molecule has 0 atom stereocenters. The van der Waals surface area contributed by atoms with Crippen LogP contribution in [0.5, 0.6) is 5.75 Å². The van der Waals surface area contributed by atoms with Gasteiger partial charge >= 0.3 is 6.09 Å². The first-order valence-electron chi connectivity index (χ1n) is 11.4. The predicted molar refractivity (Wildman–Crippen MR) is 141 cm³/mol. The summed E-state index contributed by atoms with van der Waals surface area (Å²) in [6.45, 7) is 5.14. The van der Waals surface area contributed by atoms with E-state index in [0.717, 1.165) is 61.7 Å². The van der Waals surface area contributed by atoms with E-state index >= 15 is 0 Å². The van der Waals surface area contributed by atoms with Crippen molar-refractivity contribution in [1.29, 1.82) is 0 Å². The van der Waals surface area contributed by atoms with Crippen molar-refractivity contribution < 1.29 is 14.6 Å². The monoisotopic (exact) mass is 481 g/mol. The van der Waals surface area contributed by atoms with Crippen LogP contribution in [0, 0.1) is 0 Å². The van der Waals surface area contributed by atoms with Crippen LogP contribution in [0.4, 0.5) is 16.2 Å². The normalized spacial score (nSPS) is 13.7. The van der Waals surface area contributed by atoms with Gasteiger partial charge in [-0.15, -0.1) is 12.4 Å². The maximum Gasteiger partial charge on any atom is 0.411 e. The number of benzene rings is 3. The molecule has 180 valence electrons. The molecule has 1 aliphatic heterocycles. The van der Waals surface area contributed by atoms with Crippen molar-refractivity contribution in [1.82, 2.24) is 4.90 Å². The third kappa shape index (κ3) is 6.22. The van der Waals surface area contributed by atoms with Crippen LogP contribution < -0.4 is 14.5 Å². The molecule has 4 rings (SSSR count). The van der Waals surface area contributed by atoms with Gasteiger partial charge in [0.2, 0.25) is 0 Å². The van der Waals surface area contributed by atoms with Gasteiger partial charge in [-0.1, -0.05) is 54.6 Å². The van der Waals surface area contributed by atoms with Gasteiger partial charge < -0.3 is 14.7 Å². The van der Waals surface area contributed by atoms with E-state index in [1.54, 1.807) is 7.11 Å². The number of carbonyl (C=O) groups is 1. The number of methoxy groups -OCH3 is 1. The molecule has 6 nitrogen and oxygen atoms in total. The molecular formula is C27H32ClN3O3. The zero-order valence-electron chi connectivity index (χ0n) is 19.5. The van der Waals surface area contributed by atoms with Crippen molar-refractivity contribution >= 4 is 29.9 Å². The Morgan fingerprint density at radius 3 is 2.15 bits per heavy atom. The Hall–Kier alpha value is -3.22. The fourth-order valence-electron chi connectivity index (χ4n) is 4.36. The minimum Gasteiger partial charge on any atom is -0.495 e. The number of halogens is 1. The van der Waals surface area contributed by atoms with E-state index in [2.05, 4.69) is 28.0 Å². The molecule has 0 radical (unpaired) electrons. The molecule has 0 saturated carbocycles. The van der Waals surface area contributed by atoms with Gasteiger partial charge in [-0.05, 0) is 48.4 Å². The SMILES string of the molecule is COc1ccccc1N1CCN(CCCN(C(=O)O)c2ccc(-c3ccccc3)cc2)CC1.Cl. The number of carboxylic acid groups (broad SMARTS) is 1. The molecule has 0 spiro atoms. The standard InChI is InChI=1S/C27H31N3O3.ClH/c1-33-26-11-6-5-10-25(26)29-20-18-28(19-21-29)16-7-17-30(27(31)32)24-14-12-23(13-15-24)22-8-3-2-4-9-22;/h2-6,8-15H,7,16-21H2,1H3,(H,31,32);1H. The summed E-state index contributed by atoms with van der Waals surface area (Å²) in [5, 5.41) is 9.75. The number of para-hydroxylation sites is 2. The van der Waals surface area contributed by atoms with E-state index in [1.165, 1.54) is 4.90 Å². The second-order valence-corrected chi connectivity index (χ2v) is 8.20. The largest absolute Gasteiger partial charge is 0.495 e. The second kappa shape index (κ2) is 12.3. The maximum absolute atomic E-state index is 11.9. The summed E-state index contributed by atoms with van der Waals surface area (Å²) in [5.41, 5.74) is 4.05. The molecule has 1 saturated heterocycles. The summed E-state index contributed by atoms with van der Waals surface area (Å²) in [6.07, 6.45) is -0.120. The highest BCUT2D eigenvalue weighted by molar-refractivity contribution is 5.86. The lowest BCUT2D eigenvalue weighted by Crippen LogP contribution is -2.47. The van der Waals surface area contributed by atoms with Crippen molar-refractivity contribution in [3.05, 3.63) is 78.9 Å². The molecule has 1 aliphatic rings. The minimum absolute atomic E-state index is 0. The molecule has 0 aromatic heterocycles. The molecule has 7 heteroatoms. The maximum atomic E-state index is 11.9. The molecule has 0 unspecified atom stereocenters. The van der Waals surface area contributed by atoms with Crippen LogP contribution in [-0.2, 0) is 0 Å². The van der Waals surface area contributed by atoms with E-state index in [4.69, 9.17) is 4.74 Å². The summed E-state index contributed by atoms with van der Waals surface area (Å²) >= 11 is 0. The van der Waals surface area contributed by atoms with E-state index in [9.17, 15) is 9.90 Å². The van der Waals surface area contributed by atoms with Gasteiger partial charge in [0.1, 0.15) is 5.75 Å². The molecule has 0 bridgehead atoms. The van der Waals surface area contributed by atoms with Crippen molar-refractivity contribution in [2.45, 2.75) is 6.42 Å². The smallest absolute Gasteiger partial charge is 0.411 e. The number of rotatable bonds is 8. The van der Waals surface area contributed by atoms with Crippen LogP contribution in [0.15, 0.2) is 78.9 Å². The van der Waals surface area contributed by atoms with Crippen molar-refractivity contribution in [2.24, 2.45) is 0 Å². The second-order valence-electron chi connectivity index (χ2n) is 8.20. The summed E-state index contributed by atoms with van der Waals surface area (Å²) in [5.74, 6) is 0.904. The topological polar surface area (TPSA) is 56.2 Å². The highest BCUT2D eigenvalue weighted by Crippen LogP contribution is 2.28. The van der Waals surface area contributed by atoms with Crippen LogP contribution in [0.2, 0.25) is 0 Å². The first-order chi connectivity index (χ1) is 16.2. The number of nitrogens with zero attached hydrogens (tertiary/aromatic N) is 3. The molecule has 3 aromatic rings. The van der Waals surface area contributed by atoms with Gasteiger partial charge in [0.25, 0.3) is 0 Å². The summed E-state index contributed by atoms with van der Waals surface area (Å²) < 4.78 is 5.50. The summed E-state index contributed by atoms with van der Waals surface area (Å²) in [4.78, 5) is 18.1. The molecule has 0 aliphatic carbocycles. The average Bonchev–Trinajstić information content (AvgIpc) is 2.87.